The van der Waals surface area contributed by atoms with E-state index in [9.17, 15) is 9.18 Å². The second-order valence-electron chi connectivity index (χ2n) is 5.07. The number of nitrogens with zero attached hydrogens (tertiary/aromatic N) is 1. The van der Waals surface area contributed by atoms with E-state index in [1.807, 2.05) is 0 Å². The summed E-state index contributed by atoms with van der Waals surface area (Å²) in [4.78, 5) is 11.9. The van der Waals surface area contributed by atoms with Crippen molar-refractivity contribution in [1.29, 1.82) is 5.26 Å². The zero-order chi connectivity index (χ0) is 17.2. The lowest BCUT2D eigenvalue weighted by atomic mass is 10.2. The standard InChI is InChI=1S/C18H18FN3O2/c19-15-8-6-14(7-9-15)13-21-18(23)22-16-4-3-5-17(12-16)24-11-2-1-10-20/h3-9,12H,1-2,11,13H2,(H2,21,22,23). The third kappa shape index (κ3) is 5.97. The molecule has 0 spiro atoms. The molecule has 0 aliphatic carbocycles. The fourth-order valence-electron chi connectivity index (χ4n) is 1.96. The summed E-state index contributed by atoms with van der Waals surface area (Å²) >= 11 is 0. The lowest BCUT2D eigenvalue weighted by Gasteiger charge is -2.10. The Morgan fingerprint density at radius 1 is 1.21 bits per heavy atom. The van der Waals surface area contributed by atoms with Gasteiger partial charge in [-0.15, -0.1) is 0 Å². The van der Waals surface area contributed by atoms with Gasteiger partial charge in [-0.1, -0.05) is 18.2 Å². The summed E-state index contributed by atoms with van der Waals surface area (Å²) in [6.07, 6.45) is 1.11. The number of carbonyl (C=O) groups is 1. The molecule has 0 aliphatic rings. The Hall–Kier alpha value is -3.07. The van der Waals surface area contributed by atoms with Gasteiger partial charge in [-0.25, -0.2) is 9.18 Å². The van der Waals surface area contributed by atoms with Crippen molar-refractivity contribution in [1.82, 2.24) is 5.32 Å². The quantitative estimate of drug-likeness (QED) is 0.759. The average Bonchev–Trinajstić information content (AvgIpc) is 2.59. The maximum atomic E-state index is 12.8. The number of anilines is 1. The topological polar surface area (TPSA) is 74.1 Å². The summed E-state index contributed by atoms with van der Waals surface area (Å²) in [6, 6.07) is 14.6. The number of amides is 2. The van der Waals surface area contributed by atoms with Crippen LogP contribution < -0.4 is 15.4 Å². The van der Waals surface area contributed by atoms with Crippen LogP contribution in [-0.2, 0) is 6.54 Å². The zero-order valence-electron chi connectivity index (χ0n) is 13.1. The maximum absolute atomic E-state index is 12.8. The van der Waals surface area contributed by atoms with E-state index in [0.717, 1.165) is 5.56 Å². The van der Waals surface area contributed by atoms with Gasteiger partial charge in [0.1, 0.15) is 11.6 Å². The van der Waals surface area contributed by atoms with Gasteiger partial charge in [-0.2, -0.15) is 5.26 Å². The molecule has 0 fully saturated rings. The monoisotopic (exact) mass is 327 g/mol. The molecule has 2 aromatic carbocycles. The molecule has 2 amide bonds. The Bertz CT molecular complexity index is 711. The van der Waals surface area contributed by atoms with Gasteiger partial charge < -0.3 is 15.4 Å². The first-order chi connectivity index (χ1) is 11.7. The number of nitrogens with one attached hydrogen (secondary N) is 2. The molecule has 2 aromatic rings. The Kier molecular flexibility index (Phi) is 6.59. The second-order valence-corrected chi connectivity index (χ2v) is 5.07. The smallest absolute Gasteiger partial charge is 0.319 e. The van der Waals surface area contributed by atoms with Crippen LogP contribution in [0, 0.1) is 17.1 Å². The predicted octanol–water partition coefficient (Wildman–Crippen LogP) is 3.83. The molecular formula is C18H18FN3O2. The summed E-state index contributed by atoms with van der Waals surface area (Å²) in [7, 11) is 0. The van der Waals surface area contributed by atoms with E-state index in [1.54, 1.807) is 36.4 Å². The SMILES string of the molecule is N#CCCCOc1cccc(NC(=O)NCc2ccc(F)cc2)c1. The first kappa shape index (κ1) is 17.3. The minimum absolute atomic E-state index is 0.302. The van der Waals surface area contributed by atoms with Crippen LogP contribution in [0.25, 0.3) is 0 Å². The van der Waals surface area contributed by atoms with E-state index in [0.29, 0.717) is 37.4 Å². The van der Waals surface area contributed by atoms with Crippen molar-refractivity contribution in [2.75, 3.05) is 11.9 Å². The number of hydrogen-bond acceptors (Lipinski definition) is 3. The fourth-order valence-corrected chi connectivity index (χ4v) is 1.96. The molecule has 0 bridgehead atoms. The van der Waals surface area contributed by atoms with E-state index in [-0.39, 0.29) is 11.8 Å². The van der Waals surface area contributed by atoms with Crippen molar-refractivity contribution in [2.45, 2.75) is 19.4 Å². The number of nitriles is 1. The van der Waals surface area contributed by atoms with Crippen LogP contribution in [0.5, 0.6) is 5.75 Å². The summed E-state index contributed by atoms with van der Waals surface area (Å²) < 4.78 is 18.3. The van der Waals surface area contributed by atoms with Crippen molar-refractivity contribution >= 4 is 11.7 Å². The lowest BCUT2D eigenvalue weighted by Crippen LogP contribution is -2.28. The van der Waals surface area contributed by atoms with Gasteiger partial charge in [0, 0.05) is 24.7 Å². The highest BCUT2D eigenvalue weighted by atomic mass is 19.1. The number of unbranched alkanes of at least 4 members (excludes halogenated alkanes) is 1. The number of ether oxygens (including phenoxy) is 1. The number of rotatable bonds is 7. The van der Waals surface area contributed by atoms with Gasteiger partial charge in [-0.3, -0.25) is 0 Å². The number of carbonyl (C=O) groups excluding carboxylic acids is 1. The van der Waals surface area contributed by atoms with E-state index in [2.05, 4.69) is 16.7 Å². The van der Waals surface area contributed by atoms with Gasteiger partial charge in [0.05, 0.1) is 12.7 Å². The summed E-state index contributed by atoms with van der Waals surface area (Å²) in [5.41, 5.74) is 1.41. The van der Waals surface area contributed by atoms with Gasteiger partial charge in [0.2, 0.25) is 0 Å². The number of hydrogen-bond donors (Lipinski definition) is 2. The van der Waals surface area contributed by atoms with Crippen LogP contribution in [0.2, 0.25) is 0 Å². The molecule has 0 unspecified atom stereocenters. The summed E-state index contributed by atoms with van der Waals surface area (Å²) in [5.74, 6) is 0.319. The first-order valence-corrected chi connectivity index (χ1v) is 7.56. The third-order valence-corrected chi connectivity index (χ3v) is 3.16. The minimum Gasteiger partial charge on any atom is -0.493 e. The third-order valence-electron chi connectivity index (χ3n) is 3.16. The molecule has 0 atom stereocenters. The highest BCUT2D eigenvalue weighted by Gasteiger charge is 2.03. The highest BCUT2D eigenvalue weighted by molar-refractivity contribution is 5.89. The molecule has 0 heterocycles. The van der Waals surface area contributed by atoms with Gasteiger partial charge in [0.25, 0.3) is 0 Å². The van der Waals surface area contributed by atoms with Crippen molar-refractivity contribution in [3.05, 3.63) is 59.9 Å². The van der Waals surface area contributed by atoms with E-state index >= 15 is 0 Å². The lowest BCUT2D eigenvalue weighted by molar-refractivity contribution is 0.251. The molecule has 124 valence electrons. The minimum atomic E-state index is -0.360. The van der Waals surface area contributed by atoms with Crippen molar-refractivity contribution in [3.8, 4) is 11.8 Å². The zero-order valence-corrected chi connectivity index (χ0v) is 13.1. The molecular weight excluding hydrogens is 309 g/mol. The highest BCUT2D eigenvalue weighted by Crippen LogP contribution is 2.17. The molecule has 24 heavy (non-hydrogen) atoms. The van der Waals surface area contributed by atoms with E-state index in [4.69, 9.17) is 10.00 Å². The summed E-state index contributed by atoms with van der Waals surface area (Å²) in [6.45, 7) is 0.754. The Balaban J connectivity index is 1.80. The van der Waals surface area contributed by atoms with Crippen LogP contribution in [0.1, 0.15) is 18.4 Å². The molecule has 0 aromatic heterocycles. The van der Waals surface area contributed by atoms with Crippen LogP contribution in [0.4, 0.5) is 14.9 Å². The van der Waals surface area contributed by atoms with E-state index < -0.39 is 0 Å². The molecule has 2 rings (SSSR count). The molecule has 5 nitrogen and oxygen atoms in total. The van der Waals surface area contributed by atoms with Gasteiger partial charge in [-0.05, 0) is 36.2 Å². The second kappa shape index (κ2) is 9.16. The largest absolute Gasteiger partial charge is 0.493 e. The van der Waals surface area contributed by atoms with Crippen LogP contribution in [0.15, 0.2) is 48.5 Å². The molecule has 6 heteroatoms. The Labute approximate surface area is 140 Å². The van der Waals surface area contributed by atoms with Crippen LogP contribution in [0.3, 0.4) is 0 Å². The Morgan fingerprint density at radius 3 is 2.75 bits per heavy atom. The van der Waals surface area contributed by atoms with Crippen LogP contribution in [-0.4, -0.2) is 12.6 Å². The number of benzene rings is 2. The molecule has 0 aliphatic heterocycles. The van der Waals surface area contributed by atoms with Crippen molar-refractivity contribution in [3.63, 3.8) is 0 Å². The Morgan fingerprint density at radius 2 is 2.00 bits per heavy atom. The van der Waals surface area contributed by atoms with Gasteiger partial charge in [0.15, 0.2) is 0 Å². The molecule has 0 saturated heterocycles. The van der Waals surface area contributed by atoms with Crippen LogP contribution >= 0.6 is 0 Å². The van der Waals surface area contributed by atoms with Crippen molar-refractivity contribution in [2.24, 2.45) is 0 Å². The van der Waals surface area contributed by atoms with Crippen molar-refractivity contribution < 1.29 is 13.9 Å². The number of halogens is 1. The number of urea groups is 1. The normalized spacial score (nSPS) is 9.83. The maximum Gasteiger partial charge on any atom is 0.319 e. The van der Waals surface area contributed by atoms with E-state index in [1.165, 1.54) is 12.1 Å². The molecule has 2 N–H and O–H groups in total. The average molecular weight is 327 g/mol. The van der Waals surface area contributed by atoms with Gasteiger partial charge >= 0.3 is 6.03 Å². The first-order valence-electron chi connectivity index (χ1n) is 7.56. The summed E-state index contributed by atoms with van der Waals surface area (Å²) in [5, 5.41) is 13.9. The fraction of sp³-hybridized carbons (Fsp3) is 0.222. The molecule has 0 radical (unpaired) electrons. The molecule has 0 saturated carbocycles. The predicted molar refractivity (Wildman–Crippen MR) is 89.0 cm³/mol.